The number of hydrogen-bond acceptors (Lipinski definition) is 4. The van der Waals surface area contributed by atoms with Crippen LogP contribution in [0.15, 0.2) is 66.9 Å². The first kappa shape index (κ1) is 15.4. The Bertz CT molecular complexity index is 881. The number of carboxylic acid groups (broad SMARTS) is 1. The molecule has 0 saturated carbocycles. The minimum atomic E-state index is -1.14. The van der Waals surface area contributed by atoms with Crippen LogP contribution in [0.2, 0.25) is 0 Å². The van der Waals surface area contributed by atoms with Crippen LogP contribution in [0.1, 0.15) is 20.7 Å². The average Bonchev–Trinajstić information content (AvgIpc) is 2.63. The molecule has 3 aromatic rings. The topological polar surface area (TPSA) is 92.2 Å². The van der Waals surface area contributed by atoms with Crippen LogP contribution in [0, 0.1) is 0 Å². The molecule has 0 aliphatic heterocycles. The van der Waals surface area contributed by atoms with E-state index >= 15 is 0 Å². The van der Waals surface area contributed by atoms with E-state index in [1.807, 2.05) is 0 Å². The van der Waals surface area contributed by atoms with Crippen molar-refractivity contribution < 1.29 is 14.7 Å². The normalized spacial score (nSPS) is 10.2. The van der Waals surface area contributed by atoms with E-state index < -0.39 is 11.9 Å². The Labute approximate surface area is 137 Å². The summed E-state index contributed by atoms with van der Waals surface area (Å²) in [5, 5.41) is 19.9. The molecule has 3 rings (SSSR count). The van der Waals surface area contributed by atoms with Crippen molar-refractivity contribution in [1.82, 2.24) is 10.2 Å². The van der Waals surface area contributed by atoms with Gasteiger partial charge in [-0.25, -0.2) is 4.79 Å². The number of para-hydroxylation sites is 1. The Morgan fingerprint density at radius 3 is 2.38 bits per heavy atom. The Hall–Kier alpha value is -3.54. The fourth-order valence-corrected chi connectivity index (χ4v) is 2.30. The minimum Gasteiger partial charge on any atom is -0.478 e. The smallest absolute Gasteiger partial charge is 0.337 e. The van der Waals surface area contributed by atoms with Crippen LogP contribution in [-0.2, 0) is 0 Å². The fourth-order valence-electron chi connectivity index (χ4n) is 2.30. The number of aromatic nitrogens is 2. The molecule has 6 heteroatoms. The summed E-state index contributed by atoms with van der Waals surface area (Å²) in [4.78, 5) is 24.0. The summed E-state index contributed by atoms with van der Waals surface area (Å²) >= 11 is 0. The zero-order chi connectivity index (χ0) is 16.9. The maximum Gasteiger partial charge on any atom is 0.337 e. The quantitative estimate of drug-likeness (QED) is 0.771. The SMILES string of the molecule is O=C(Nc1c(C(=O)O)cccc1-c1cccnn1)c1ccccc1. The lowest BCUT2D eigenvalue weighted by molar-refractivity contribution is 0.0698. The largest absolute Gasteiger partial charge is 0.478 e. The number of rotatable bonds is 4. The molecule has 0 bridgehead atoms. The fraction of sp³-hybridized carbons (Fsp3) is 0. The molecule has 118 valence electrons. The van der Waals surface area contributed by atoms with E-state index in [0.717, 1.165) is 0 Å². The van der Waals surface area contributed by atoms with Crippen molar-refractivity contribution in [3.63, 3.8) is 0 Å². The highest BCUT2D eigenvalue weighted by molar-refractivity contribution is 6.10. The van der Waals surface area contributed by atoms with E-state index in [2.05, 4.69) is 15.5 Å². The molecule has 6 nitrogen and oxygen atoms in total. The molecule has 0 aliphatic rings. The first-order chi connectivity index (χ1) is 11.7. The van der Waals surface area contributed by atoms with Crippen molar-refractivity contribution >= 4 is 17.6 Å². The molecule has 1 aromatic heterocycles. The van der Waals surface area contributed by atoms with Gasteiger partial charge in [-0.3, -0.25) is 4.79 Å². The van der Waals surface area contributed by atoms with Gasteiger partial charge >= 0.3 is 5.97 Å². The zero-order valence-electron chi connectivity index (χ0n) is 12.5. The van der Waals surface area contributed by atoms with Crippen molar-refractivity contribution in [2.75, 3.05) is 5.32 Å². The summed E-state index contributed by atoms with van der Waals surface area (Å²) in [5.41, 5.74) is 1.58. The summed E-state index contributed by atoms with van der Waals surface area (Å²) in [7, 11) is 0. The van der Waals surface area contributed by atoms with E-state index in [9.17, 15) is 14.7 Å². The molecule has 0 radical (unpaired) electrons. The number of hydrogen-bond donors (Lipinski definition) is 2. The van der Waals surface area contributed by atoms with Gasteiger partial charge in [0, 0.05) is 17.3 Å². The summed E-state index contributed by atoms with van der Waals surface area (Å²) in [5.74, 6) is -1.53. The number of benzene rings is 2. The molecule has 24 heavy (non-hydrogen) atoms. The standard InChI is InChI=1S/C18H13N3O3/c22-17(12-6-2-1-3-7-12)20-16-13(15-10-5-11-19-21-15)8-4-9-14(16)18(23)24/h1-11H,(H,20,22)(H,23,24). The van der Waals surface area contributed by atoms with Crippen LogP contribution in [0.3, 0.4) is 0 Å². The second-order valence-corrected chi connectivity index (χ2v) is 4.96. The number of carbonyl (C=O) groups is 2. The maximum atomic E-state index is 12.4. The van der Waals surface area contributed by atoms with Gasteiger partial charge in [-0.2, -0.15) is 10.2 Å². The van der Waals surface area contributed by atoms with Crippen LogP contribution in [0.25, 0.3) is 11.3 Å². The second-order valence-electron chi connectivity index (χ2n) is 4.96. The Balaban J connectivity index is 2.08. The summed E-state index contributed by atoms with van der Waals surface area (Å²) in [6.07, 6.45) is 1.52. The zero-order valence-corrected chi connectivity index (χ0v) is 12.5. The van der Waals surface area contributed by atoms with E-state index in [0.29, 0.717) is 16.8 Å². The van der Waals surface area contributed by atoms with Crippen LogP contribution in [0.4, 0.5) is 5.69 Å². The van der Waals surface area contributed by atoms with Crippen LogP contribution in [0.5, 0.6) is 0 Å². The minimum absolute atomic E-state index is 0.0116. The van der Waals surface area contributed by atoms with Crippen molar-refractivity contribution in [2.45, 2.75) is 0 Å². The number of amides is 1. The van der Waals surface area contributed by atoms with Gasteiger partial charge in [0.25, 0.3) is 5.91 Å². The Kier molecular flexibility index (Phi) is 4.29. The molecular weight excluding hydrogens is 306 g/mol. The third-order valence-electron chi connectivity index (χ3n) is 3.42. The number of anilines is 1. The second kappa shape index (κ2) is 6.70. The molecule has 0 saturated heterocycles. The molecular formula is C18H13N3O3. The third-order valence-corrected chi connectivity index (χ3v) is 3.42. The lowest BCUT2D eigenvalue weighted by Gasteiger charge is -2.13. The summed E-state index contributed by atoms with van der Waals surface area (Å²) in [6.45, 7) is 0. The molecule has 2 aromatic carbocycles. The van der Waals surface area contributed by atoms with Crippen molar-refractivity contribution in [3.05, 3.63) is 78.0 Å². The van der Waals surface area contributed by atoms with Crippen molar-refractivity contribution in [3.8, 4) is 11.3 Å². The molecule has 0 fully saturated rings. The Morgan fingerprint density at radius 2 is 1.71 bits per heavy atom. The molecule has 0 spiro atoms. The molecule has 1 amide bonds. The molecule has 1 heterocycles. The molecule has 0 atom stereocenters. The molecule has 2 N–H and O–H groups in total. The van der Waals surface area contributed by atoms with Crippen LogP contribution in [-0.4, -0.2) is 27.2 Å². The first-order valence-corrected chi connectivity index (χ1v) is 7.17. The van der Waals surface area contributed by atoms with E-state index in [-0.39, 0.29) is 11.3 Å². The molecule has 0 unspecified atom stereocenters. The summed E-state index contributed by atoms with van der Waals surface area (Å²) < 4.78 is 0. The highest BCUT2D eigenvalue weighted by Crippen LogP contribution is 2.30. The number of aromatic carboxylic acids is 1. The van der Waals surface area contributed by atoms with Crippen molar-refractivity contribution in [1.29, 1.82) is 0 Å². The lowest BCUT2D eigenvalue weighted by Crippen LogP contribution is -2.16. The van der Waals surface area contributed by atoms with Gasteiger partial charge < -0.3 is 10.4 Å². The monoisotopic (exact) mass is 319 g/mol. The predicted octanol–water partition coefficient (Wildman–Crippen LogP) is 3.09. The third kappa shape index (κ3) is 3.12. The molecule has 0 aliphatic carbocycles. The van der Waals surface area contributed by atoms with Gasteiger partial charge in [-0.05, 0) is 30.3 Å². The number of carbonyl (C=O) groups excluding carboxylic acids is 1. The Morgan fingerprint density at radius 1 is 0.917 bits per heavy atom. The van der Waals surface area contributed by atoms with Gasteiger partial charge in [0.1, 0.15) is 0 Å². The van der Waals surface area contributed by atoms with Crippen molar-refractivity contribution in [2.24, 2.45) is 0 Å². The van der Waals surface area contributed by atoms with Gasteiger partial charge in [-0.15, -0.1) is 0 Å². The highest BCUT2D eigenvalue weighted by atomic mass is 16.4. The van der Waals surface area contributed by atoms with Crippen LogP contribution < -0.4 is 5.32 Å². The van der Waals surface area contributed by atoms with Gasteiger partial charge in [-0.1, -0.05) is 30.3 Å². The van der Waals surface area contributed by atoms with E-state index in [4.69, 9.17) is 0 Å². The number of nitrogens with one attached hydrogen (secondary N) is 1. The lowest BCUT2D eigenvalue weighted by atomic mass is 10.0. The van der Waals surface area contributed by atoms with Gasteiger partial charge in [0.05, 0.1) is 16.9 Å². The first-order valence-electron chi connectivity index (χ1n) is 7.17. The van der Waals surface area contributed by atoms with Crippen LogP contribution >= 0.6 is 0 Å². The van der Waals surface area contributed by atoms with E-state index in [1.54, 1.807) is 54.6 Å². The number of nitrogens with zero attached hydrogens (tertiary/aromatic N) is 2. The van der Waals surface area contributed by atoms with Gasteiger partial charge in [0.15, 0.2) is 0 Å². The predicted molar refractivity (Wildman–Crippen MR) is 88.8 cm³/mol. The van der Waals surface area contributed by atoms with E-state index in [1.165, 1.54) is 12.3 Å². The highest BCUT2D eigenvalue weighted by Gasteiger charge is 2.18. The maximum absolute atomic E-state index is 12.4. The average molecular weight is 319 g/mol. The van der Waals surface area contributed by atoms with Gasteiger partial charge in [0.2, 0.25) is 0 Å². The summed E-state index contributed by atoms with van der Waals surface area (Å²) in [6, 6.07) is 16.7. The number of carboxylic acids is 1.